The van der Waals surface area contributed by atoms with Gasteiger partial charge in [-0.05, 0) is 84.4 Å². The van der Waals surface area contributed by atoms with Gasteiger partial charge in [0.25, 0.3) is 5.91 Å². The van der Waals surface area contributed by atoms with Gasteiger partial charge in [-0.25, -0.2) is 5.43 Å². The Labute approximate surface area is 197 Å². The number of rotatable bonds is 7. The van der Waals surface area contributed by atoms with Crippen molar-refractivity contribution < 1.29 is 9.21 Å². The van der Waals surface area contributed by atoms with Crippen molar-refractivity contribution in [3.8, 4) is 0 Å². The number of likely N-dealkylation sites (tertiary alicyclic amines) is 1. The lowest BCUT2D eigenvalue weighted by Gasteiger charge is -2.32. The normalized spacial score (nSPS) is 15.3. The van der Waals surface area contributed by atoms with Crippen LogP contribution >= 0.6 is 15.9 Å². The first-order chi connectivity index (χ1) is 15.6. The van der Waals surface area contributed by atoms with Crippen molar-refractivity contribution in [2.45, 2.75) is 32.7 Å². The average Bonchev–Trinajstić information content (AvgIpc) is 3.13. The highest BCUT2D eigenvalue weighted by Crippen LogP contribution is 2.23. The SMILES string of the molecule is Cc1oc(/C=N\NC(=O)c2ccc(CN3CCC(Cc4ccccc4)CC3)cc2)cc1Br. The smallest absolute Gasteiger partial charge is 0.271 e. The van der Waals surface area contributed by atoms with Crippen LogP contribution in [0, 0.1) is 12.8 Å². The zero-order valence-electron chi connectivity index (χ0n) is 18.3. The van der Waals surface area contributed by atoms with E-state index in [1.165, 1.54) is 36.6 Å². The van der Waals surface area contributed by atoms with Crippen molar-refractivity contribution in [2.75, 3.05) is 13.1 Å². The Hall–Kier alpha value is -2.70. The number of nitrogens with zero attached hydrogens (tertiary/aromatic N) is 2. The highest BCUT2D eigenvalue weighted by molar-refractivity contribution is 9.10. The molecule has 1 fully saturated rings. The fourth-order valence-corrected chi connectivity index (χ4v) is 4.39. The summed E-state index contributed by atoms with van der Waals surface area (Å²) in [6, 6.07) is 20.4. The van der Waals surface area contributed by atoms with E-state index in [9.17, 15) is 4.79 Å². The Morgan fingerprint density at radius 2 is 1.84 bits per heavy atom. The summed E-state index contributed by atoms with van der Waals surface area (Å²) in [4.78, 5) is 14.8. The van der Waals surface area contributed by atoms with Crippen LogP contribution in [0.4, 0.5) is 0 Å². The van der Waals surface area contributed by atoms with Gasteiger partial charge in [0.2, 0.25) is 0 Å². The van der Waals surface area contributed by atoms with E-state index in [1.807, 2.05) is 37.3 Å². The van der Waals surface area contributed by atoms with Gasteiger partial charge in [-0.2, -0.15) is 5.10 Å². The standard InChI is InChI=1S/C26H28BrN3O2/c1-19-25(27)16-24(32-19)17-28-29-26(31)23-9-7-22(8-10-23)18-30-13-11-21(12-14-30)15-20-5-3-2-4-6-20/h2-10,16-17,21H,11-15,18H2,1H3,(H,29,31)/b28-17-. The molecule has 6 heteroatoms. The molecule has 166 valence electrons. The van der Waals surface area contributed by atoms with Crippen LogP contribution < -0.4 is 5.43 Å². The number of aryl methyl sites for hydroxylation is 1. The minimum Gasteiger partial charge on any atom is -0.459 e. The first-order valence-corrected chi connectivity index (χ1v) is 11.8. The zero-order valence-corrected chi connectivity index (χ0v) is 19.8. The summed E-state index contributed by atoms with van der Waals surface area (Å²) >= 11 is 3.39. The second-order valence-corrected chi connectivity index (χ2v) is 9.21. The molecule has 32 heavy (non-hydrogen) atoms. The predicted molar refractivity (Wildman–Crippen MR) is 131 cm³/mol. The summed E-state index contributed by atoms with van der Waals surface area (Å²) in [6.07, 6.45) is 5.14. The summed E-state index contributed by atoms with van der Waals surface area (Å²) < 4.78 is 6.35. The fraction of sp³-hybridized carbons (Fsp3) is 0.308. The van der Waals surface area contributed by atoms with E-state index in [4.69, 9.17) is 4.42 Å². The molecule has 0 radical (unpaired) electrons. The summed E-state index contributed by atoms with van der Waals surface area (Å²) in [5.74, 6) is 1.88. The third-order valence-electron chi connectivity index (χ3n) is 5.93. The van der Waals surface area contributed by atoms with Crippen LogP contribution in [-0.2, 0) is 13.0 Å². The first kappa shape index (κ1) is 22.5. The van der Waals surface area contributed by atoms with Crippen LogP contribution in [0.3, 0.4) is 0 Å². The molecule has 1 aromatic heterocycles. The second kappa shape index (κ2) is 10.7. The van der Waals surface area contributed by atoms with Gasteiger partial charge >= 0.3 is 0 Å². The third-order valence-corrected chi connectivity index (χ3v) is 6.72. The highest BCUT2D eigenvalue weighted by Gasteiger charge is 2.19. The maximum atomic E-state index is 12.3. The third kappa shape index (κ3) is 6.17. The average molecular weight is 494 g/mol. The van der Waals surface area contributed by atoms with Gasteiger partial charge in [0.1, 0.15) is 11.5 Å². The minimum absolute atomic E-state index is 0.239. The van der Waals surface area contributed by atoms with E-state index >= 15 is 0 Å². The van der Waals surface area contributed by atoms with Crippen LogP contribution in [0.15, 0.2) is 74.7 Å². The number of carbonyl (C=O) groups is 1. The maximum Gasteiger partial charge on any atom is 0.271 e. The first-order valence-electron chi connectivity index (χ1n) is 11.0. The maximum absolute atomic E-state index is 12.3. The number of piperidine rings is 1. The van der Waals surface area contributed by atoms with Gasteiger partial charge in [-0.1, -0.05) is 42.5 Å². The predicted octanol–water partition coefficient (Wildman–Crippen LogP) is 5.57. The van der Waals surface area contributed by atoms with Crippen molar-refractivity contribution in [1.29, 1.82) is 0 Å². The van der Waals surface area contributed by atoms with Crippen molar-refractivity contribution in [3.05, 3.63) is 93.3 Å². The van der Waals surface area contributed by atoms with Crippen LogP contribution in [0.2, 0.25) is 0 Å². The van der Waals surface area contributed by atoms with Crippen molar-refractivity contribution >= 4 is 28.1 Å². The molecule has 1 saturated heterocycles. The number of hydrogen-bond donors (Lipinski definition) is 1. The molecule has 3 aromatic rings. The zero-order chi connectivity index (χ0) is 22.3. The van der Waals surface area contributed by atoms with Gasteiger partial charge in [0, 0.05) is 18.2 Å². The Morgan fingerprint density at radius 3 is 2.50 bits per heavy atom. The monoisotopic (exact) mass is 493 g/mol. The molecule has 1 aliphatic rings. The Kier molecular flexibility index (Phi) is 7.55. The molecule has 0 unspecified atom stereocenters. The summed E-state index contributed by atoms with van der Waals surface area (Å²) in [5, 5.41) is 3.98. The number of benzene rings is 2. The lowest BCUT2D eigenvalue weighted by atomic mass is 9.90. The van der Waals surface area contributed by atoms with Gasteiger partial charge in [-0.3, -0.25) is 9.69 Å². The molecule has 2 aromatic carbocycles. The molecule has 5 nitrogen and oxygen atoms in total. The van der Waals surface area contributed by atoms with Gasteiger partial charge in [0.15, 0.2) is 0 Å². The fourth-order valence-electron chi connectivity index (χ4n) is 4.08. The summed E-state index contributed by atoms with van der Waals surface area (Å²) in [5.41, 5.74) is 5.80. The van der Waals surface area contributed by atoms with Gasteiger partial charge in [-0.15, -0.1) is 0 Å². The topological polar surface area (TPSA) is 57.8 Å². The molecule has 2 heterocycles. The van der Waals surface area contributed by atoms with Crippen LogP contribution in [0.1, 0.15) is 45.8 Å². The number of furan rings is 1. The quantitative estimate of drug-likeness (QED) is 0.345. The number of amides is 1. The van der Waals surface area contributed by atoms with Crippen molar-refractivity contribution in [1.82, 2.24) is 10.3 Å². The van der Waals surface area contributed by atoms with Crippen molar-refractivity contribution in [2.24, 2.45) is 11.0 Å². The molecule has 0 bridgehead atoms. The van der Waals surface area contributed by atoms with Crippen LogP contribution in [0.25, 0.3) is 0 Å². The lowest BCUT2D eigenvalue weighted by Crippen LogP contribution is -2.33. The molecule has 0 saturated carbocycles. The molecule has 1 amide bonds. The molecule has 0 atom stereocenters. The van der Waals surface area contributed by atoms with E-state index in [2.05, 4.69) is 61.7 Å². The molecule has 0 aliphatic carbocycles. The Morgan fingerprint density at radius 1 is 1.12 bits per heavy atom. The highest BCUT2D eigenvalue weighted by atomic mass is 79.9. The number of hydrazone groups is 1. The second-order valence-electron chi connectivity index (χ2n) is 8.36. The number of halogens is 1. The van der Waals surface area contributed by atoms with E-state index in [1.54, 1.807) is 0 Å². The van der Waals surface area contributed by atoms with E-state index < -0.39 is 0 Å². The van der Waals surface area contributed by atoms with Gasteiger partial charge < -0.3 is 4.42 Å². The molecule has 4 rings (SSSR count). The lowest BCUT2D eigenvalue weighted by molar-refractivity contribution is 0.0955. The molecule has 1 N–H and O–H groups in total. The Bertz CT molecular complexity index is 1030. The molecule has 1 aliphatic heterocycles. The van der Waals surface area contributed by atoms with E-state index in [0.717, 1.165) is 35.8 Å². The van der Waals surface area contributed by atoms with E-state index in [0.29, 0.717) is 11.3 Å². The molecular formula is C26H28BrN3O2. The number of nitrogens with one attached hydrogen (secondary N) is 1. The minimum atomic E-state index is -0.239. The summed E-state index contributed by atoms with van der Waals surface area (Å²) in [6.45, 7) is 5.02. The summed E-state index contributed by atoms with van der Waals surface area (Å²) in [7, 11) is 0. The largest absolute Gasteiger partial charge is 0.459 e. The van der Waals surface area contributed by atoms with Crippen LogP contribution in [0.5, 0.6) is 0 Å². The van der Waals surface area contributed by atoms with Crippen molar-refractivity contribution in [3.63, 3.8) is 0 Å². The van der Waals surface area contributed by atoms with Gasteiger partial charge in [0.05, 0.1) is 10.7 Å². The molecular weight excluding hydrogens is 466 g/mol. The number of hydrogen-bond acceptors (Lipinski definition) is 4. The van der Waals surface area contributed by atoms with E-state index in [-0.39, 0.29) is 5.91 Å². The van der Waals surface area contributed by atoms with Crippen LogP contribution in [-0.4, -0.2) is 30.1 Å². The Balaban J connectivity index is 1.23. The number of carbonyl (C=O) groups excluding carboxylic acids is 1. The molecule has 0 spiro atoms.